The van der Waals surface area contributed by atoms with Gasteiger partial charge in [-0.3, -0.25) is 9.48 Å². The van der Waals surface area contributed by atoms with E-state index in [2.05, 4.69) is 15.3 Å². The molecule has 0 aromatic carbocycles. The third kappa shape index (κ3) is 1.95. The molecule has 1 saturated carbocycles. The minimum absolute atomic E-state index is 0.0265. The lowest BCUT2D eigenvalue weighted by Crippen LogP contribution is -2.41. The smallest absolute Gasteiger partial charge is 0.272 e. The summed E-state index contributed by atoms with van der Waals surface area (Å²) in [7, 11) is 1.84. The van der Waals surface area contributed by atoms with Crippen molar-refractivity contribution in [2.24, 2.45) is 7.05 Å². The van der Waals surface area contributed by atoms with Crippen molar-refractivity contribution in [2.75, 3.05) is 6.54 Å². The van der Waals surface area contributed by atoms with Crippen molar-refractivity contribution in [3.05, 3.63) is 29.6 Å². The Morgan fingerprint density at radius 3 is 2.90 bits per heavy atom. The van der Waals surface area contributed by atoms with Crippen LogP contribution in [0.4, 0.5) is 0 Å². The van der Waals surface area contributed by atoms with Crippen molar-refractivity contribution in [1.82, 2.24) is 29.4 Å². The van der Waals surface area contributed by atoms with E-state index in [1.165, 1.54) is 12.8 Å². The second kappa shape index (κ2) is 4.41. The maximum Gasteiger partial charge on any atom is 0.272 e. The first kappa shape index (κ1) is 12.6. The highest BCUT2D eigenvalue weighted by molar-refractivity contribution is 5.93. The highest BCUT2D eigenvalue weighted by Gasteiger charge is 2.33. The summed E-state index contributed by atoms with van der Waals surface area (Å²) in [6.07, 6.45) is 4.10. The lowest BCUT2D eigenvalue weighted by atomic mass is 10.2. The van der Waals surface area contributed by atoms with Crippen LogP contribution in [0.15, 0.2) is 12.4 Å². The molecule has 0 bridgehead atoms. The summed E-state index contributed by atoms with van der Waals surface area (Å²) in [6, 6.07) is 1.89. The van der Waals surface area contributed by atoms with E-state index in [1.807, 2.05) is 29.5 Å². The number of hydrogen-bond donors (Lipinski definition) is 0. The maximum atomic E-state index is 12.8. The summed E-state index contributed by atoms with van der Waals surface area (Å²) < 4.78 is 3.72. The van der Waals surface area contributed by atoms with Crippen LogP contribution in [0.1, 0.15) is 53.7 Å². The molecule has 0 saturated heterocycles. The molecule has 7 heteroatoms. The Labute approximate surface area is 122 Å². The number of carbonyl (C=O) groups is 1. The van der Waals surface area contributed by atoms with Crippen molar-refractivity contribution < 1.29 is 4.79 Å². The van der Waals surface area contributed by atoms with E-state index in [0.29, 0.717) is 18.2 Å². The van der Waals surface area contributed by atoms with Gasteiger partial charge in [0.2, 0.25) is 0 Å². The summed E-state index contributed by atoms with van der Waals surface area (Å²) in [6.45, 7) is 3.41. The molecule has 1 aliphatic carbocycles. The van der Waals surface area contributed by atoms with Crippen molar-refractivity contribution in [3.8, 4) is 0 Å². The molecule has 7 nitrogen and oxygen atoms in total. The predicted molar refractivity (Wildman–Crippen MR) is 74.7 cm³/mol. The topological polar surface area (TPSA) is 68.8 Å². The fraction of sp³-hybridized carbons (Fsp3) is 0.571. The molecule has 0 N–H and O–H groups in total. The number of hydrogen-bond acceptors (Lipinski definition) is 4. The van der Waals surface area contributed by atoms with Crippen LogP contribution in [0.3, 0.4) is 0 Å². The van der Waals surface area contributed by atoms with E-state index in [0.717, 1.165) is 18.1 Å². The molecule has 1 amide bonds. The molecule has 2 aromatic heterocycles. The van der Waals surface area contributed by atoms with Gasteiger partial charge in [0.1, 0.15) is 12.0 Å². The normalized spacial score (nSPS) is 21.4. The van der Waals surface area contributed by atoms with Crippen molar-refractivity contribution in [3.63, 3.8) is 0 Å². The average molecular weight is 286 g/mol. The molecule has 1 fully saturated rings. The molecule has 0 spiro atoms. The zero-order valence-corrected chi connectivity index (χ0v) is 12.2. The SMILES string of the molecule is CC1c2nncn2CCN1C(=O)c1cc(C2CC2)nn1C. The zero-order chi connectivity index (χ0) is 14.6. The fourth-order valence-electron chi connectivity index (χ4n) is 3.00. The number of aryl methyl sites for hydroxylation is 1. The third-order valence-corrected chi connectivity index (χ3v) is 4.44. The zero-order valence-electron chi connectivity index (χ0n) is 12.2. The van der Waals surface area contributed by atoms with Crippen molar-refractivity contribution in [2.45, 2.75) is 38.3 Å². The van der Waals surface area contributed by atoms with Crippen LogP contribution in [0.5, 0.6) is 0 Å². The molecule has 110 valence electrons. The van der Waals surface area contributed by atoms with E-state index >= 15 is 0 Å². The third-order valence-electron chi connectivity index (χ3n) is 4.44. The van der Waals surface area contributed by atoms with Gasteiger partial charge < -0.3 is 9.47 Å². The quantitative estimate of drug-likeness (QED) is 0.829. The molecule has 21 heavy (non-hydrogen) atoms. The minimum atomic E-state index is -0.0620. The second-order valence-electron chi connectivity index (χ2n) is 5.91. The largest absolute Gasteiger partial charge is 0.326 e. The van der Waals surface area contributed by atoms with E-state index in [-0.39, 0.29) is 11.9 Å². The summed E-state index contributed by atoms with van der Waals surface area (Å²) in [5, 5.41) is 12.5. The molecule has 3 heterocycles. The lowest BCUT2D eigenvalue weighted by molar-refractivity contribution is 0.0626. The van der Waals surface area contributed by atoms with Gasteiger partial charge in [0.15, 0.2) is 5.82 Å². The Bertz CT molecular complexity index is 698. The Morgan fingerprint density at radius 2 is 2.14 bits per heavy atom. The van der Waals surface area contributed by atoms with Crippen molar-refractivity contribution >= 4 is 5.91 Å². The van der Waals surface area contributed by atoms with Gasteiger partial charge in [-0.15, -0.1) is 10.2 Å². The first-order chi connectivity index (χ1) is 10.1. The Kier molecular flexibility index (Phi) is 2.63. The van der Waals surface area contributed by atoms with Crippen LogP contribution >= 0.6 is 0 Å². The van der Waals surface area contributed by atoms with Crippen LogP contribution in [-0.2, 0) is 13.6 Å². The number of aromatic nitrogens is 5. The molecule has 1 aliphatic heterocycles. The predicted octanol–water partition coefficient (Wildman–Crippen LogP) is 1.11. The summed E-state index contributed by atoms with van der Waals surface area (Å²) in [4.78, 5) is 14.7. The highest BCUT2D eigenvalue weighted by Crippen LogP contribution is 2.39. The van der Waals surface area contributed by atoms with Crippen molar-refractivity contribution in [1.29, 1.82) is 0 Å². The summed E-state index contributed by atoms with van der Waals surface area (Å²) >= 11 is 0. The molecule has 1 atom stereocenters. The lowest BCUT2D eigenvalue weighted by Gasteiger charge is -2.33. The Hall–Kier alpha value is -2.18. The molecule has 0 radical (unpaired) electrons. The van der Waals surface area contributed by atoms with Gasteiger partial charge in [-0.2, -0.15) is 5.10 Å². The van der Waals surface area contributed by atoms with Crippen LogP contribution < -0.4 is 0 Å². The number of nitrogens with zero attached hydrogens (tertiary/aromatic N) is 6. The number of carbonyl (C=O) groups excluding carboxylic acids is 1. The van der Waals surface area contributed by atoms with Gasteiger partial charge in [0.25, 0.3) is 5.91 Å². The van der Waals surface area contributed by atoms with Gasteiger partial charge in [-0.05, 0) is 25.8 Å². The number of amides is 1. The monoisotopic (exact) mass is 286 g/mol. The first-order valence-electron chi connectivity index (χ1n) is 7.37. The van der Waals surface area contributed by atoms with E-state index in [9.17, 15) is 4.79 Å². The fourth-order valence-corrected chi connectivity index (χ4v) is 3.00. The Morgan fingerprint density at radius 1 is 1.33 bits per heavy atom. The summed E-state index contributed by atoms with van der Waals surface area (Å²) in [5.41, 5.74) is 1.71. The van der Waals surface area contributed by atoms with Gasteiger partial charge in [-0.25, -0.2) is 0 Å². The maximum absolute atomic E-state index is 12.8. The average Bonchev–Trinajstić information content (AvgIpc) is 3.07. The highest BCUT2D eigenvalue weighted by atomic mass is 16.2. The van der Waals surface area contributed by atoms with E-state index < -0.39 is 0 Å². The first-order valence-corrected chi connectivity index (χ1v) is 7.37. The number of rotatable bonds is 2. The van der Waals surface area contributed by atoms with E-state index in [4.69, 9.17) is 0 Å². The second-order valence-corrected chi connectivity index (χ2v) is 5.91. The van der Waals surface area contributed by atoms with E-state index in [1.54, 1.807) is 11.0 Å². The van der Waals surface area contributed by atoms with Gasteiger partial charge in [0.05, 0.1) is 11.7 Å². The molecule has 1 unspecified atom stereocenters. The van der Waals surface area contributed by atoms with Gasteiger partial charge >= 0.3 is 0 Å². The molecule has 2 aromatic rings. The molecule has 4 rings (SSSR count). The van der Waals surface area contributed by atoms with Crippen LogP contribution in [-0.4, -0.2) is 41.9 Å². The molecule has 2 aliphatic rings. The van der Waals surface area contributed by atoms with Crippen LogP contribution in [0.25, 0.3) is 0 Å². The van der Waals surface area contributed by atoms with Crippen LogP contribution in [0.2, 0.25) is 0 Å². The molecular formula is C14H18N6O. The van der Waals surface area contributed by atoms with Crippen LogP contribution in [0, 0.1) is 0 Å². The molecular weight excluding hydrogens is 268 g/mol. The number of fused-ring (bicyclic) bond motifs is 1. The summed E-state index contributed by atoms with van der Waals surface area (Å²) in [5.74, 6) is 1.43. The van der Waals surface area contributed by atoms with Gasteiger partial charge in [0, 0.05) is 26.1 Å². The minimum Gasteiger partial charge on any atom is -0.326 e. The Balaban J connectivity index is 1.63. The standard InChI is InChI=1S/C14H18N6O/c1-9-13-16-15-8-19(13)5-6-20(9)14(21)12-7-11(10-3-4-10)17-18(12)2/h7-10H,3-6H2,1-2H3. The van der Waals surface area contributed by atoms with Gasteiger partial charge in [-0.1, -0.05) is 0 Å².